The van der Waals surface area contributed by atoms with Gasteiger partial charge < -0.3 is 5.32 Å². The van der Waals surface area contributed by atoms with Crippen molar-refractivity contribution < 1.29 is 13.2 Å². The van der Waals surface area contributed by atoms with Crippen LogP contribution in [-0.2, 0) is 20.6 Å². The molecular weight excluding hydrogens is 416 g/mol. The molecule has 2 aromatic carbocycles. The average molecular weight is 441 g/mol. The molecule has 5 nitrogen and oxygen atoms in total. The van der Waals surface area contributed by atoms with E-state index in [1.54, 1.807) is 11.8 Å². The molecule has 0 saturated carbocycles. The predicted molar refractivity (Wildman–Crippen MR) is 119 cm³/mol. The molecule has 1 amide bonds. The van der Waals surface area contributed by atoms with Gasteiger partial charge in [0.25, 0.3) is 0 Å². The fourth-order valence-electron chi connectivity index (χ4n) is 2.83. The number of nitrogens with zero attached hydrogens (tertiary/aromatic N) is 1. The summed E-state index contributed by atoms with van der Waals surface area (Å²) in [6.07, 6.45) is 1.12. The number of carbonyl (C=O) groups is 1. The summed E-state index contributed by atoms with van der Waals surface area (Å²) in [6.45, 7) is 3.91. The van der Waals surface area contributed by atoms with Gasteiger partial charge in [0.1, 0.15) is 6.54 Å². The molecule has 0 saturated heterocycles. The zero-order valence-corrected chi connectivity index (χ0v) is 18.6. The molecule has 0 aliphatic carbocycles. The van der Waals surface area contributed by atoms with Crippen molar-refractivity contribution in [3.05, 3.63) is 64.2 Å². The van der Waals surface area contributed by atoms with Crippen molar-refractivity contribution in [2.24, 2.45) is 0 Å². The van der Waals surface area contributed by atoms with Gasteiger partial charge in [0, 0.05) is 23.1 Å². The van der Waals surface area contributed by atoms with Crippen molar-refractivity contribution in [1.82, 2.24) is 5.32 Å². The zero-order chi connectivity index (χ0) is 20.7. The Morgan fingerprint density at radius 2 is 1.79 bits per heavy atom. The zero-order valence-electron chi connectivity index (χ0n) is 16.2. The van der Waals surface area contributed by atoms with Gasteiger partial charge in [-0.05, 0) is 42.7 Å². The maximum absolute atomic E-state index is 12.3. The molecule has 0 radical (unpaired) electrons. The molecule has 2 aromatic rings. The van der Waals surface area contributed by atoms with Crippen LogP contribution >= 0.6 is 23.4 Å². The summed E-state index contributed by atoms with van der Waals surface area (Å²) in [5.41, 5.74) is 3.32. The Labute approximate surface area is 176 Å². The molecule has 28 heavy (non-hydrogen) atoms. The molecule has 0 spiro atoms. The number of sulfonamides is 1. The van der Waals surface area contributed by atoms with Crippen LogP contribution in [-0.4, -0.2) is 39.4 Å². The molecule has 0 unspecified atom stereocenters. The number of hydrogen-bond donors (Lipinski definition) is 1. The topological polar surface area (TPSA) is 66.5 Å². The summed E-state index contributed by atoms with van der Waals surface area (Å²) in [5, 5.41) is 3.51. The van der Waals surface area contributed by atoms with Crippen LogP contribution in [0.3, 0.4) is 0 Å². The lowest BCUT2D eigenvalue weighted by atomic mass is 10.1. The van der Waals surface area contributed by atoms with Gasteiger partial charge in [-0.15, -0.1) is 0 Å². The highest BCUT2D eigenvalue weighted by molar-refractivity contribution is 7.98. The van der Waals surface area contributed by atoms with Gasteiger partial charge in [0.2, 0.25) is 15.9 Å². The number of halogens is 1. The number of nitrogens with one attached hydrogen (secondary N) is 1. The quantitative estimate of drug-likeness (QED) is 0.602. The summed E-state index contributed by atoms with van der Waals surface area (Å²) in [7, 11) is -3.58. The molecule has 0 aliphatic rings. The van der Waals surface area contributed by atoms with E-state index in [-0.39, 0.29) is 12.5 Å². The smallest absolute Gasteiger partial charge is 0.240 e. The lowest BCUT2D eigenvalue weighted by Gasteiger charge is -2.25. The summed E-state index contributed by atoms with van der Waals surface area (Å²) >= 11 is 7.64. The van der Waals surface area contributed by atoms with Gasteiger partial charge in [0.05, 0.1) is 11.9 Å². The Bertz CT molecular complexity index is 913. The SMILES string of the molecule is Cc1cccc(C)c1N(CC(=O)NCCSCc1cccc(Cl)c1)S(C)(=O)=O. The summed E-state index contributed by atoms with van der Waals surface area (Å²) in [6, 6.07) is 13.2. The Balaban J connectivity index is 1.89. The van der Waals surface area contributed by atoms with Crippen LogP contribution in [0.5, 0.6) is 0 Å². The number of para-hydroxylation sites is 1. The van der Waals surface area contributed by atoms with E-state index in [0.29, 0.717) is 17.3 Å². The highest BCUT2D eigenvalue weighted by Crippen LogP contribution is 2.26. The monoisotopic (exact) mass is 440 g/mol. The second-order valence-corrected chi connectivity index (χ2v) is 9.99. The standard InChI is InChI=1S/C20H25ClN2O3S2/c1-15-6-4-7-16(2)20(15)23(28(3,25)26)13-19(24)22-10-11-27-14-17-8-5-9-18(21)12-17/h4-9,12H,10-11,13-14H2,1-3H3,(H,22,24). The van der Waals surface area contributed by atoms with Gasteiger partial charge in [-0.3, -0.25) is 9.10 Å². The molecule has 0 bridgehead atoms. The Hall–Kier alpha value is -1.70. The minimum Gasteiger partial charge on any atom is -0.354 e. The van der Waals surface area contributed by atoms with E-state index in [9.17, 15) is 13.2 Å². The number of hydrogen-bond acceptors (Lipinski definition) is 4. The van der Waals surface area contributed by atoms with Gasteiger partial charge in [-0.1, -0.05) is 41.9 Å². The Morgan fingerprint density at radius 3 is 2.39 bits per heavy atom. The second kappa shape index (κ2) is 10.2. The largest absolute Gasteiger partial charge is 0.354 e. The van der Waals surface area contributed by atoms with Crippen LogP contribution in [0, 0.1) is 13.8 Å². The maximum atomic E-state index is 12.3. The third kappa shape index (κ3) is 6.72. The number of carbonyl (C=O) groups excluding carboxylic acids is 1. The number of aryl methyl sites for hydroxylation is 2. The van der Waals surface area contributed by atoms with E-state index in [0.717, 1.165) is 34.5 Å². The second-order valence-electron chi connectivity index (χ2n) is 6.54. The van der Waals surface area contributed by atoms with E-state index in [2.05, 4.69) is 5.32 Å². The number of thioether (sulfide) groups is 1. The third-order valence-corrected chi connectivity index (χ3v) is 6.48. The first-order valence-electron chi connectivity index (χ1n) is 8.81. The summed E-state index contributed by atoms with van der Waals surface area (Å²) < 4.78 is 25.7. The van der Waals surface area contributed by atoms with Crippen molar-refractivity contribution in [2.75, 3.05) is 29.4 Å². The number of anilines is 1. The van der Waals surface area contributed by atoms with Crippen LogP contribution in [0.2, 0.25) is 5.02 Å². The minimum atomic E-state index is -3.58. The van der Waals surface area contributed by atoms with E-state index < -0.39 is 10.0 Å². The van der Waals surface area contributed by atoms with E-state index in [1.807, 2.05) is 56.3 Å². The van der Waals surface area contributed by atoms with Gasteiger partial charge in [-0.2, -0.15) is 11.8 Å². The van der Waals surface area contributed by atoms with E-state index in [4.69, 9.17) is 11.6 Å². The molecule has 152 valence electrons. The van der Waals surface area contributed by atoms with E-state index >= 15 is 0 Å². The van der Waals surface area contributed by atoms with Gasteiger partial charge in [-0.25, -0.2) is 8.42 Å². The predicted octanol–water partition coefficient (Wildman–Crippen LogP) is 3.77. The molecule has 2 rings (SSSR count). The van der Waals surface area contributed by atoms with Crippen molar-refractivity contribution in [2.45, 2.75) is 19.6 Å². The first kappa shape index (κ1) is 22.6. The summed E-state index contributed by atoms with van der Waals surface area (Å²) in [5.74, 6) is 1.20. The van der Waals surface area contributed by atoms with Crippen LogP contribution in [0.15, 0.2) is 42.5 Å². The highest BCUT2D eigenvalue weighted by Gasteiger charge is 2.23. The maximum Gasteiger partial charge on any atom is 0.240 e. The first-order valence-corrected chi connectivity index (χ1v) is 12.2. The molecular formula is C20H25ClN2O3S2. The molecule has 0 aliphatic heterocycles. The van der Waals surface area contributed by atoms with Crippen molar-refractivity contribution in [1.29, 1.82) is 0 Å². The third-order valence-electron chi connectivity index (χ3n) is 4.10. The lowest BCUT2D eigenvalue weighted by molar-refractivity contribution is -0.119. The fraction of sp³-hybridized carbons (Fsp3) is 0.350. The Kier molecular flexibility index (Phi) is 8.22. The number of amides is 1. The average Bonchev–Trinajstić information content (AvgIpc) is 2.59. The van der Waals surface area contributed by atoms with Gasteiger partial charge >= 0.3 is 0 Å². The van der Waals surface area contributed by atoms with Crippen LogP contribution in [0.4, 0.5) is 5.69 Å². The highest BCUT2D eigenvalue weighted by atomic mass is 35.5. The van der Waals surface area contributed by atoms with Crippen molar-refractivity contribution in [3.8, 4) is 0 Å². The van der Waals surface area contributed by atoms with Crippen molar-refractivity contribution >= 4 is 45.0 Å². The molecule has 0 heterocycles. The molecule has 8 heteroatoms. The van der Waals surface area contributed by atoms with Crippen LogP contribution in [0.25, 0.3) is 0 Å². The lowest BCUT2D eigenvalue weighted by Crippen LogP contribution is -2.41. The van der Waals surface area contributed by atoms with Crippen LogP contribution < -0.4 is 9.62 Å². The molecule has 0 atom stereocenters. The number of rotatable bonds is 9. The van der Waals surface area contributed by atoms with Crippen LogP contribution in [0.1, 0.15) is 16.7 Å². The summed E-state index contributed by atoms with van der Waals surface area (Å²) in [4.78, 5) is 12.3. The minimum absolute atomic E-state index is 0.233. The fourth-order valence-corrected chi connectivity index (χ4v) is 4.82. The van der Waals surface area contributed by atoms with Gasteiger partial charge in [0.15, 0.2) is 0 Å². The Morgan fingerprint density at radius 1 is 1.14 bits per heavy atom. The molecule has 1 N–H and O–H groups in total. The number of benzene rings is 2. The molecule has 0 fully saturated rings. The normalized spacial score (nSPS) is 11.3. The van der Waals surface area contributed by atoms with Crippen molar-refractivity contribution in [3.63, 3.8) is 0 Å². The van der Waals surface area contributed by atoms with E-state index in [1.165, 1.54) is 4.31 Å². The molecule has 0 aromatic heterocycles. The first-order chi connectivity index (χ1) is 13.2.